The Hall–Kier alpha value is -0.790. The summed E-state index contributed by atoms with van der Waals surface area (Å²) in [5, 5.41) is 0. The number of esters is 1. The number of carbonyl (C=O) groups excluding carboxylic acids is 1. The van der Waals surface area contributed by atoms with E-state index in [1.807, 2.05) is 13.0 Å². The second kappa shape index (κ2) is 2.67. The molecule has 2 heteroatoms. The molecule has 1 aliphatic heterocycles. The fourth-order valence-corrected chi connectivity index (χ4v) is 0.884. The molecule has 0 atom stereocenters. The largest absolute Gasteiger partial charge is 0.462 e. The minimum atomic E-state index is -0.135. The average molecular weight is 126 g/mol. The van der Waals surface area contributed by atoms with E-state index in [-0.39, 0.29) is 5.97 Å². The number of allylic oxidation sites excluding steroid dienone is 1. The number of carbonyl (C=O) groups is 1. The van der Waals surface area contributed by atoms with Gasteiger partial charge in [-0.25, -0.2) is 4.79 Å². The molecule has 0 aliphatic carbocycles. The van der Waals surface area contributed by atoms with Crippen LogP contribution in [-0.2, 0) is 9.53 Å². The molecule has 1 heterocycles. The monoisotopic (exact) mass is 126 g/mol. The van der Waals surface area contributed by atoms with Crippen LogP contribution >= 0.6 is 0 Å². The van der Waals surface area contributed by atoms with E-state index in [2.05, 4.69) is 0 Å². The minimum Gasteiger partial charge on any atom is -0.462 e. The first kappa shape index (κ1) is 6.33. The van der Waals surface area contributed by atoms with Gasteiger partial charge in [-0.15, -0.1) is 0 Å². The van der Waals surface area contributed by atoms with E-state index in [1.165, 1.54) is 0 Å². The van der Waals surface area contributed by atoms with Gasteiger partial charge >= 0.3 is 5.97 Å². The van der Waals surface area contributed by atoms with E-state index in [9.17, 15) is 4.79 Å². The zero-order chi connectivity index (χ0) is 6.69. The summed E-state index contributed by atoms with van der Waals surface area (Å²) < 4.78 is 4.77. The summed E-state index contributed by atoms with van der Waals surface area (Å²) >= 11 is 0. The lowest BCUT2D eigenvalue weighted by molar-refractivity contribution is -0.141. The van der Waals surface area contributed by atoms with Gasteiger partial charge in [0.05, 0.1) is 6.61 Å². The average Bonchev–Trinajstić information content (AvgIpc) is 1.89. The molecule has 9 heavy (non-hydrogen) atoms. The molecule has 0 amide bonds. The molecule has 1 rings (SSSR count). The number of cyclic esters (lactones) is 1. The van der Waals surface area contributed by atoms with E-state index in [0.29, 0.717) is 6.61 Å². The molecule has 0 spiro atoms. The van der Waals surface area contributed by atoms with Crippen molar-refractivity contribution in [1.29, 1.82) is 0 Å². The maximum absolute atomic E-state index is 10.7. The Labute approximate surface area is 54.5 Å². The molecule has 0 unspecified atom stereocenters. The predicted octanol–water partition coefficient (Wildman–Crippen LogP) is 1.27. The topological polar surface area (TPSA) is 26.3 Å². The number of hydrogen-bond acceptors (Lipinski definition) is 2. The lowest BCUT2D eigenvalue weighted by atomic mass is 10.1. The van der Waals surface area contributed by atoms with E-state index in [0.717, 1.165) is 18.4 Å². The first-order chi connectivity index (χ1) is 4.34. The van der Waals surface area contributed by atoms with Gasteiger partial charge in [-0.2, -0.15) is 0 Å². The van der Waals surface area contributed by atoms with Crippen molar-refractivity contribution in [3.05, 3.63) is 11.6 Å². The van der Waals surface area contributed by atoms with Gasteiger partial charge in [-0.3, -0.25) is 0 Å². The van der Waals surface area contributed by atoms with E-state index < -0.39 is 0 Å². The lowest BCUT2D eigenvalue weighted by Gasteiger charge is -2.12. The second-order valence-corrected chi connectivity index (χ2v) is 2.05. The van der Waals surface area contributed by atoms with Gasteiger partial charge in [0.1, 0.15) is 0 Å². The molecule has 0 N–H and O–H groups in total. The van der Waals surface area contributed by atoms with Crippen molar-refractivity contribution < 1.29 is 9.53 Å². The van der Waals surface area contributed by atoms with Crippen molar-refractivity contribution >= 4 is 5.97 Å². The van der Waals surface area contributed by atoms with Crippen molar-refractivity contribution in [2.45, 2.75) is 19.8 Å². The quantitative estimate of drug-likeness (QED) is 0.361. The third-order valence-corrected chi connectivity index (χ3v) is 1.43. The second-order valence-electron chi connectivity index (χ2n) is 2.05. The zero-order valence-corrected chi connectivity index (χ0v) is 5.52. The molecule has 1 saturated heterocycles. The summed E-state index contributed by atoms with van der Waals surface area (Å²) in [6.07, 6.45) is 3.68. The Morgan fingerprint density at radius 1 is 1.67 bits per heavy atom. The highest BCUT2D eigenvalue weighted by Gasteiger charge is 2.13. The van der Waals surface area contributed by atoms with Crippen LogP contribution in [0.5, 0.6) is 0 Å². The molecule has 2 nitrogen and oxygen atoms in total. The van der Waals surface area contributed by atoms with E-state index >= 15 is 0 Å². The lowest BCUT2D eigenvalue weighted by Crippen LogP contribution is -2.14. The van der Waals surface area contributed by atoms with Crippen LogP contribution in [0.15, 0.2) is 11.6 Å². The van der Waals surface area contributed by atoms with Crippen LogP contribution in [0.3, 0.4) is 0 Å². The summed E-state index contributed by atoms with van der Waals surface area (Å²) in [7, 11) is 0. The Morgan fingerprint density at radius 3 is 2.89 bits per heavy atom. The van der Waals surface area contributed by atoms with Crippen molar-refractivity contribution in [2.75, 3.05) is 6.61 Å². The van der Waals surface area contributed by atoms with Gasteiger partial charge in [0, 0.05) is 5.57 Å². The smallest absolute Gasteiger partial charge is 0.333 e. The van der Waals surface area contributed by atoms with Crippen molar-refractivity contribution in [2.24, 2.45) is 0 Å². The zero-order valence-electron chi connectivity index (χ0n) is 5.52. The van der Waals surface area contributed by atoms with Gasteiger partial charge in [-0.1, -0.05) is 6.08 Å². The Morgan fingerprint density at radius 2 is 2.44 bits per heavy atom. The fourth-order valence-electron chi connectivity index (χ4n) is 0.884. The van der Waals surface area contributed by atoms with Crippen LogP contribution in [0, 0.1) is 0 Å². The van der Waals surface area contributed by atoms with Crippen LogP contribution in [0.25, 0.3) is 0 Å². The SMILES string of the molecule is C/C=C1\CCCOC1=O. The number of hydrogen-bond donors (Lipinski definition) is 0. The molecule has 0 bridgehead atoms. The molecule has 1 aliphatic rings. The first-order valence-electron chi connectivity index (χ1n) is 3.17. The molecule has 1 fully saturated rings. The Bertz CT molecular complexity index is 147. The normalized spacial score (nSPS) is 24.1. The molecule has 50 valence electrons. The van der Waals surface area contributed by atoms with Crippen LogP contribution in [0.2, 0.25) is 0 Å². The number of rotatable bonds is 0. The molecule has 0 saturated carbocycles. The highest BCUT2D eigenvalue weighted by atomic mass is 16.5. The molecule has 0 aromatic heterocycles. The van der Waals surface area contributed by atoms with Crippen LogP contribution < -0.4 is 0 Å². The maximum Gasteiger partial charge on any atom is 0.333 e. The number of ether oxygens (including phenoxy) is 1. The molecular formula is C7H10O2. The molecule has 0 aromatic carbocycles. The van der Waals surface area contributed by atoms with Gasteiger partial charge in [0.2, 0.25) is 0 Å². The van der Waals surface area contributed by atoms with Crippen molar-refractivity contribution in [1.82, 2.24) is 0 Å². The minimum absolute atomic E-state index is 0.135. The van der Waals surface area contributed by atoms with Gasteiger partial charge in [0.25, 0.3) is 0 Å². The summed E-state index contributed by atoms with van der Waals surface area (Å²) in [6, 6.07) is 0. The molecule has 0 aromatic rings. The Kier molecular flexibility index (Phi) is 1.88. The summed E-state index contributed by atoms with van der Waals surface area (Å²) in [6.45, 7) is 2.46. The summed E-state index contributed by atoms with van der Waals surface area (Å²) in [4.78, 5) is 10.7. The standard InChI is InChI=1S/C7H10O2/c1-2-6-4-3-5-9-7(6)8/h2H,3-5H2,1H3/b6-2+. The highest BCUT2D eigenvalue weighted by molar-refractivity contribution is 5.88. The highest BCUT2D eigenvalue weighted by Crippen LogP contribution is 2.12. The summed E-state index contributed by atoms with van der Waals surface area (Å²) in [5.74, 6) is -0.135. The van der Waals surface area contributed by atoms with Crippen LogP contribution in [0.4, 0.5) is 0 Å². The van der Waals surface area contributed by atoms with E-state index in [1.54, 1.807) is 0 Å². The van der Waals surface area contributed by atoms with Gasteiger partial charge in [-0.05, 0) is 19.8 Å². The predicted molar refractivity (Wildman–Crippen MR) is 33.9 cm³/mol. The maximum atomic E-state index is 10.7. The third-order valence-electron chi connectivity index (χ3n) is 1.43. The van der Waals surface area contributed by atoms with Crippen LogP contribution in [-0.4, -0.2) is 12.6 Å². The van der Waals surface area contributed by atoms with Crippen molar-refractivity contribution in [3.63, 3.8) is 0 Å². The van der Waals surface area contributed by atoms with Gasteiger partial charge in [0.15, 0.2) is 0 Å². The van der Waals surface area contributed by atoms with Gasteiger partial charge < -0.3 is 4.74 Å². The summed E-state index contributed by atoms with van der Waals surface area (Å²) in [5.41, 5.74) is 0.821. The Balaban J connectivity index is 2.60. The third kappa shape index (κ3) is 1.31. The molecule has 0 radical (unpaired) electrons. The van der Waals surface area contributed by atoms with Crippen LogP contribution in [0.1, 0.15) is 19.8 Å². The first-order valence-corrected chi connectivity index (χ1v) is 3.17. The van der Waals surface area contributed by atoms with Crippen molar-refractivity contribution in [3.8, 4) is 0 Å². The fraction of sp³-hybridized carbons (Fsp3) is 0.571. The van der Waals surface area contributed by atoms with E-state index in [4.69, 9.17) is 4.74 Å². The molecular weight excluding hydrogens is 116 g/mol.